The highest BCUT2D eigenvalue weighted by molar-refractivity contribution is 7.92. The van der Waals surface area contributed by atoms with Gasteiger partial charge in [0.25, 0.3) is 10.0 Å². The Morgan fingerprint density at radius 1 is 1.35 bits per heavy atom. The van der Waals surface area contributed by atoms with Gasteiger partial charge in [-0.15, -0.1) is 0 Å². The van der Waals surface area contributed by atoms with Gasteiger partial charge in [-0.1, -0.05) is 0 Å². The van der Waals surface area contributed by atoms with E-state index in [4.69, 9.17) is 5.73 Å². The molecule has 2 rings (SSSR count). The molecule has 0 radical (unpaired) electrons. The van der Waals surface area contributed by atoms with E-state index in [1.54, 1.807) is 13.0 Å². The summed E-state index contributed by atoms with van der Waals surface area (Å²) in [5.74, 6) is 0.319. The van der Waals surface area contributed by atoms with E-state index in [1.165, 1.54) is 24.4 Å². The Balaban J connectivity index is 2.35. The van der Waals surface area contributed by atoms with E-state index in [9.17, 15) is 8.42 Å². The molecule has 0 atom stereocenters. The smallest absolute Gasteiger partial charge is 0.263 e. The highest BCUT2D eigenvalue weighted by Gasteiger charge is 2.15. The zero-order chi connectivity index (χ0) is 12.5. The average molecular weight is 252 g/mol. The standard InChI is InChI=1S/C10H12N4O2S/c1-7-6-8(2-3-9(7)11)17(15,16)14-10-4-5-12-13-10/h2-6H,11H2,1H3,(H2,12,13,14). The van der Waals surface area contributed by atoms with E-state index in [1.807, 2.05) is 0 Å². The van der Waals surface area contributed by atoms with Crippen molar-refractivity contribution in [2.45, 2.75) is 11.8 Å². The molecule has 0 aliphatic heterocycles. The molecule has 1 aromatic carbocycles. The lowest BCUT2D eigenvalue weighted by Gasteiger charge is -2.07. The molecule has 2 aromatic rings. The van der Waals surface area contributed by atoms with Crippen molar-refractivity contribution in [3.63, 3.8) is 0 Å². The van der Waals surface area contributed by atoms with E-state index < -0.39 is 10.0 Å². The molecule has 0 saturated heterocycles. The predicted octanol–water partition coefficient (Wildman–Crippen LogP) is 1.10. The quantitative estimate of drug-likeness (QED) is 0.712. The molecule has 1 heterocycles. The van der Waals surface area contributed by atoms with Gasteiger partial charge in [0.1, 0.15) is 5.82 Å². The van der Waals surface area contributed by atoms with Crippen molar-refractivity contribution < 1.29 is 8.42 Å². The normalized spacial score (nSPS) is 11.4. The number of H-pyrrole nitrogens is 1. The summed E-state index contributed by atoms with van der Waals surface area (Å²) in [6.07, 6.45) is 1.46. The number of aryl methyl sites for hydroxylation is 1. The second-order valence-electron chi connectivity index (χ2n) is 3.59. The lowest BCUT2D eigenvalue weighted by atomic mass is 10.2. The summed E-state index contributed by atoms with van der Waals surface area (Å²) in [6, 6.07) is 6.08. The van der Waals surface area contributed by atoms with Crippen LogP contribution in [0.5, 0.6) is 0 Å². The van der Waals surface area contributed by atoms with Crippen LogP contribution >= 0.6 is 0 Å². The minimum Gasteiger partial charge on any atom is -0.399 e. The first-order valence-corrected chi connectivity index (χ1v) is 6.36. The summed E-state index contributed by atoms with van der Waals surface area (Å²) < 4.78 is 26.3. The number of nitrogens with one attached hydrogen (secondary N) is 2. The average Bonchev–Trinajstić information content (AvgIpc) is 2.73. The summed E-state index contributed by atoms with van der Waals surface area (Å²) in [7, 11) is -3.60. The number of rotatable bonds is 3. The first kappa shape index (κ1) is 11.5. The van der Waals surface area contributed by atoms with Gasteiger partial charge in [-0.2, -0.15) is 5.10 Å². The molecule has 6 nitrogen and oxygen atoms in total. The van der Waals surface area contributed by atoms with Gasteiger partial charge in [0.05, 0.1) is 11.1 Å². The number of sulfonamides is 1. The molecule has 17 heavy (non-hydrogen) atoms. The largest absolute Gasteiger partial charge is 0.399 e. The van der Waals surface area contributed by atoms with Crippen molar-refractivity contribution >= 4 is 21.5 Å². The monoisotopic (exact) mass is 252 g/mol. The molecule has 4 N–H and O–H groups in total. The Bertz CT molecular complexity index is 620. The fourth-order valence-electron chi connectivity index (χ4n) is 1.33. The number of hydrogen-bond acceptors (Lipinski definition) is 4. The van der Waals surface area contributed by atoms with Crippen LogP contribution in [0.4, 0.5) is 11.5 Å². The molecule has 1 aromatic heterocycles. The second-order valence-corrected chi connectivity index (χ2v) is 5.28. The number of hydrogen-bond donors (Lipinski definition) is 3. The Labute approximate surface area is 98.9 Å². The van der Waals surface area contributed by atoms with E-state index in [2.05, 4.69) is 14.9 Å². The summed E-state index contributed by atoms with van der Waals surface area (Å²) in [5.41, 5.74) is 6.92. The molecule has 7 heteroatoms. The maximum absolute atomic E-state index is 12.0. The molecule has 0 unspecified atom stereocenters. The molecule has 0 bridgehead atoms. The molecule has 0 aliphatic rings. The number of aromatic nitrogens is 2. The van der Waals surface area contributed by atoms with E-state index >= 15 is 0 Å². The summed E-state index contributed by atoms with van der Waals surface area (Å²) in [5, 5.41) is 6.18. The third kappa shape index (κ3) is 2.39. The van der Waals surface area contributed by atoms with E-state index in [0.717, 1.165) is 5.56 Å². The Morgan fingerprint density at radius 3 is 2.71 bits per heavy atom. The van der Waals surface area contributed by atoms with E-state index in [0.29, 0.717) is 11.5 Å². The third-order valence-electron chi connectivity index (χ3n) is 2.30. The number of aromatic amines is 1. The number of nitrogens with two attached hydrogens (primary N) is 1. The Hall–Kier alpha value is -2.02. The predicted molar refractivity (Wildman–Crippen MR) is 65.0 cm³/mol. The van der Waals surface area contributed by atoms with Gasteiger partial charge < -0.3 is 5.73 Å². The Morgan fingerprint density at radius 2 is 2.12 bits per heavy atom. The van der Waals surface area contributed by atoms with Gasteiger partial charge in [-0.3, -0.25) is 9.82 Å². The van der Waals surface area contributed by atoms with Crippen LogP contribution < -0.4 is 10.5 Å². The van der Waals surface area contributed by atoms with Crippen LogP contribution in [-0.2, 0) is 10.0 Å². The highest BCUT2D eigenvalue weighted by Crippen LogP contribution is 2.18. The van der Waals surface area contributed by atoms with Gasteiger partial charge in [-0.25, -0.2) is 8.42 Å². The molecule has 0 fully saturated rings. The molecule has 90 valence electrons. The molecule has 0 spiro atoms. The maximum atomic E-state index is 12.0. The summed E-state index contributed by atoms with van der Waals surface area (Å²) in [4.78, 5) is 0.166. The maximum Gasteiger partial charge on any atom is 0.263 e. The van der Waals surface area contributed by atoms with Crippen LogP contribution in [0.15, 0.2) is 35.4 Å². The lowest BCUT2D eigenvalue weighted by molar-refractivity contribution is 0.601. The zero-order valence-corrected chi connectivity index (χ0v) is 9.95. The number of nitrogen functional groups attached to an aromatic ring is 1. The van der Waals surface area contributed by atoms with Crippen molar-refractivity contribution in [2.75, 3.05) is 10.5 Å². The van der Waals surface area contributed by atoms with Crippen LogP contribution in [0.25, 0.3) is 0 Å². The first-order valence-electron chi connectivity index (χ1n) is 4.87. The number of benzene rings is 1. The molecular weight excluding hydrogens is 240 g/mol. The first-order chi connectivity index (χ1) is 7.99. The van der Waals surface area contributed by atoms with Gasteiger partial charge in [-0.05, 0) is 30.7 Å². The number of anilines is 2. The van der Waals surface area contributed by atoms with Crippen molar-refractivity contribution in [1.82, 2.24) is 10.2 Å². The van der Waals surface area contributed by atoms with Crippen molar-refractivity contribution in [3.05, 3.63) is 36.0 Å². The summed E-state index contributed by atoms with van der Waals surface area (Å²) >= 11 is 0. The van der Waals surface area contributed by atoms with Crippen molar-refractivity contribution in [1.29, 1.82) is 0 Å². The molecule has 0 saturated carbocycles. The van der Waals surface area contributed by atoms with Crippen molar-refractivity contribution in [2.24, 2.45) is 0 Å². The SMILES string of the molecule is Cc1cc(S(=O)(=O)Nc2ccn[nH]2)ccc1N. The van der Waals surface area contributed by atoms with Gasteiger partial charge in [0.2, 0.25) is 0 Å². The van der Waals surface area contributed by atoms with E-state index in [-0.39, 0.29) is 4.90 Å². The van der Waals surface area contributed by atoms with Crippen LogP contribution in [0.2, 0.25) is 0 Å². The molecule has 0 aliphatic carbocycles. The van der Waals surface area contributed by atoms with Gasteiger partial charge >= 0.3 is 0 Å². The van der Waals surface area contributed by atoms with Gasteiger partial charge in [0.15, 0.2) is 0 Å². The summed E-state index contributed by atoms with van der Waals surface area (Å²) in [6.45, 7) is 1.75. The van der Waals surface area contributed by atoms with Crippen LogP contribution in [-0.4, -0.2) is 18.6 Å². The minimum atomic E-state index is -3.60. The van der Waals surface area contributed by atoms with Crippen LogP contribution in [0.1, 0.15) is 5.56 Å². The van der Waals surface area contributed by atoms with Crippen molar-refractivity contribution in [3.8, 4) is 0 Å². The molecule has 0 amide bonds. The number of nitrogens with zero attached hydrogens (tertiary/aromatic N) is 1. The zero-order valence-electron chi connectivity index (χ0n) is 9.14. The topological polar surface area (TPSA) is 101 Å². The fourth-order valence-corrected chi connectivity index (χ4v) is 2.43. The Kier molecular flexibility index (Phi) is 2.76. The van der Waals surface area contributed by atoms with Gasteiger partial charge in [0, 0.05) is 11.8 Å². The fraction of sp³-hybridized carbons (Fsp3) is 0.100. The highest BCUT2D eigenvalue weighted by atomic mass is 32.2. The third-order valence-corrected chi connectivity index (χ3v) is 3.66. The minimum absolute atomic E-state index is 0.166. The second kappa shape index (κ2) is 4.10. The van der Waals surface area contributed by atoms with Crippen LogP contribution in [0.3, 0.4) is 0 Å². The molecular formula is C10H12N4O2S. The van der Waals surface area contributed by atoms with Crippen LogP contribution in [0, 0.1) is 6.92 Å². The lowest BCUT2D eigenvalue weighted by Crippen LogP contribution is -2.13.